The molecule has 4 aromatic rings. The lowest BCUT2D eigenvalue weighted by Gasteiger charge is -2.11. The van der Waals surface area contributed by atoms with Gasteiger partial charge in [-0.15, -0.1) is 0 Å². The van der Waals surface area contributed by atoms with Gasteiger partial charge in [0.25, 0.3) is 5.56 Å². The van der Waals surface area contributed by atoms with Gasteiger partial charge in [-0.05, 0) is 43.3 Å². The maximum absolute atomic E-state index is 12.3. The average molecular weight is 433 g/mol. The Morgan fingerprint density at radius 2 is 1.72 bits per heavy atom. The Kier molecular flexibility index (Phi) is 5.58. The smallest absolute Gasteiger partial charge is 0.314 e. The van der Waals surface area contributed by atoms with Crippen LogP contribution in [-0.2, 0) is 9.59 Å². The molecule has 10 nitrogen and oxygen atoms in total. The highest BCUT2D eigenvalue weighted by Crippen LogP contribution is 2.32. The summed E-state index contributed by atoms with van der Waals surface area (Å²) in [5.74, 6) is -0.704. The van der Waals surface area contributed by atoms with Gasteiger partial charge < -0.3 is 19.8 Å². The Morgan fingerprint density at radius 1 is 1.03 bits per heavy atom. The van der Waals surface area contributed by atoms with E-state index in [2.05, 4.69) is 20.7 Å². The Morgan fingerprint density at radius 3 is 2.31 bits per heavy atom. The molecule has 4 rings (SSSR count). The number of hydrogen-bond acceptors (Lipinski definition) is 6. The van der Waals surface area contributed by atoms with Gasteiger partial charge in [0.05, 0.1) is 24.6 Å². The summed E-state index contributed by atoms with van der Waals surface area (Å²) in [6, 6.07) is 13.1. The Bertz CT molecular complexity index is 1320. The monoisotopic (exact) mass is 433 g/mol. The quantitative estimate of drug-likeness (QED) is 0.415. The molecule has 0 saturated carbocycles. The van der Waals surface area contributed by atoms with E-state index >= 15 is 0 Å². The van der Waals surface area contributed by atoms with Gasteiger partial charge >= 0.3 is 11.8 Å². The fraction of sp³-hybridized carbons (Fsp3) is 0.0909. The van der Waals surface area contributed by atoms with Crippen molar-refractivity contribution in [2.45, 2.75) is 6.92 Å². The molecule has 32 heavy (non-hydrogen) atoms. The van der Waals surface area contributed by atoms with Gasteiger partial charge in [0.15, 0.2) is 12.2 Å². The van der Waals surface area contributed by atoms with Crippen LogP contribution in [-0.4, -0.2) is 33.7 Å². The predicted molar refractivity (Wildman–Crippen MR) is 117 cm³/mol. The van der Waals surface area contributed by atoms with Crippen LogP contribution in [0.5, 0.6) is 5.75 Å². The van der Waals surface area contributed by atoms with Crippen LogP contribution in [0.3, 0.4) is 0 Å². The number of aromatic nitrogens is 3. The third kappa shape index (κ3) is 4.29. The summed E-state index contributed by atoms with van der Waals surface area (Å²) in [5, 5.41) is 7.75. The average Bonchev–Trinajstić information content (AvgIpc) is 3.43. The molecule has 3 N–H and O–H groups in total. The van der Waals surface area contributed by atoms with Crippen molar-refractivity contribution in [3.8, 4) is 22.8 Å². The van der Waals surface area contributed by atoms with Crippen molar-refractivity contribution in [3.63, 3.8) is 0 Å². The molecule has 0 bridgehead atoms. The fourth-order valence-electron chi connectivity index (χ4n) is 3.14. The molecule has 0 fully saturated rings. The molecule has 0 aliphatic heterocycles. The number of carbonyl (C=O) groups excluding carboxylic acids is 2. The van der Waals surface area contributed by atoms with E-state index in [0.717, 1.165) is 5.69 Å². The van der Waals surface area contributed by atoms with Crippen molar-refractivity contribution in [2.75, 3.05) is 17.7 Å². The van der Waals surface area contributed by atoms with Crippen molar-refractivity contribution < 1.29 is 18.7 Å². The molecule has 2 amide bonds. The van der Waals surface area contributed by atoms with E-state index in [1.54, 1.807) is 60.3 Å². The normalized spacial score (nSPS) is 10.6. The van der Waals surface area contributed by atoms with Gasteiger partial charge in [-0.1, -0.05) is 0 Å². The Labute approximate surface area is 181 Å². The van der Waals surface area contributed by atoms with E-state index in [0.29, 0.717) is 34.1 Å². The summed E-state index contributed by atoms with van der Waals surface area (Å²) in [4.78, 5) is 40.0. The predicted octanol–water partition coefficient (Wildman–Crippen LogP) is 2.71. The van der Waals surface area contributed by atoms with Crippen molar-refractivity contribution in [1.82, 2.24) is 14.8 Å². The lowest BCUT2D eigenvalue weighted by atomic mass is 10.1. The molecular formula is C22H19N5O5. The van der Waals surface area contributed by atoms with Gasteiger partial charge in [0.2, 0.25) is 0 Å². The largest absolute Gasteiger partial charge is 0.496 e. The number of ether oxygens (including phenoxy) is 1. The minimum atomic E-state index is -0.839. The molecule has 0 aliphatic carbocycles. The van der Waals surface area contributed by atoms with Crippen LogP contribution in [0.2, 0.25) is 0 Å². The highest BCUT2D eigenvalue weighted by Gasteiger charge is 2.16. The Balaban J connectivity index is 1.42. The van der Waals surface area contributed by atoms with Crippen molar-refractivity contribution in [3.05, 3.63) is 77.2 Å². The summed E-state index contributed by atoms with van der Waals surface area (Å²) < 4.78 is 12.2. The minimum Gasteiger partial charge on any atom is -0.496 e. The third-order valence-electron chi connectivity index (χ3n) is 4.66. The number of nitrogens with one attached hydrogen (secondary N) is 3. The van der Waals surface area contributed by atoms with Crippen LogP contribution in [0, 0.1) is 6.92 Å². The number of hydrogen-bond donors (Lipinski definition) is 3. The minimum absolute atomic E-state index is 0.206. The summed E-state index contributed by atoms with van der Waals surface area (Å²) in [7, 11) is 1.49. The number of anilines is 2. The van der Waals surface area contributed by atoms with E-state index < -0.39 is 11.8 Å². The number of methoxy groups -OCH3 is 1. The molecule has 0 spiro atoms. The number of benzene rings is 2. The maximum atomic E-state index is 12.3. The number of H-pyrrole nitrogens is 1. The van der Waals surface area contributed by atoms with E-state index in [1.807, 2.05) is 0 Å². The van der Waals surface area contributed by atoms with Crippen LogP contribution in [0.1, 0.15) is 5.69 Å². The lowest BCUT2D eigenvalue weighted by Crippen LogP contribution is -2.29. The Hall–Kier alpha value is -4.60. The highest BCUT2D eigenvalue weighted by atomic mass is 16.5. The molecule has 2 aromatic carbocycles. The highest BCUT2D eigenvalue weighted by molar-refractivity contribution is 6.43. The van der Waals surface area contributed by atoms with Crippen LogP contribution in [0.4, 0.5) is 11.4 Å². The number of aryl methyl sites for hydroxylation is 1. The summed E-state index contributed by atoms with van der Waals surface area (Å²) >= 11 is 0. The van der Waals surface area contributed by atoms with Crippen LogP contribution >= 0.6 is 0 Å². The molecule has 2 aromatic heterocycles. The van der Waals surface area contributed by atoms with Crippen LogP contribution in [0.15, 0.2) is 70.3 Å². The van der Waals surface area contributed by atoms with Crippen molar-refractivity contribution in [1.29, 1.82) is 0 Å². The van der Waals surface area contributed by atoms with Crippen LogP contribution < -0.4 is 20.9 Å². The number of amides is 2. The lowest BCUT2D eigenvalue weighted by molar-refractivity contribution is -0.132. The zero-order valence-corrected chi connectivity index (χ0v) is 17.2. The first kappa shape index (κ1) is 20.7. The molecule has 0 radical (unpaired) electrons. The molecule has 10 heteroatoms. The topological polar surface area (TPSA) is 131 Å². The van der Waals surface area contributed by atoms with Gasteiger partial charge in [-0.2, -0.15) is 0 Å². The first-order valence-electron chi connectivity index (χ1n) is 9.53. The molecular weight excluding hydrogens is 414 g/mol. The second kappa shape index (κ2) is 8.64. The van der Waals surface area contributed by atoms with Crippen molar-refractivity contribution in [2.24, 2.45) is 0 Å². The molecule has 2 heterocycles. The van der Waals surface area contributed by atoms with Crippen LogP contribution in [0.25, 0.3) is 17.0 Å². The SMILES string of the molecule is COc1cc(NC(=O)C(=O)Nc2ccc(-n3[nH]c(=O)cc3C)cc2)ccc1-c1cnco1. The summed E-state index contributed by atoms with van der Waals surface area (Å²) in [6.45, 7) is 1.80. The van der Waals surface area contributed by atoms with E-state index in [4.69, 9.17) is 9.15 Å². The number of aromatic amines is 1. The van der Waals surface area contributed by atoms with E-state index in [-0.39, 0.29) is 5.56 Å². The second-order valence-electron chi connectivity index (χ2n) is 6.83. The number of carbonyl (C=O) groups is 2. The van der Waals surface area contributed by atoms with Gasteiger partial charge in [-0.3, -0.25) is 24.2 Å². The molecule has 0 saturated heterocycles. The molecule has 162 valence electrons. The van der Waals surface area contributed by atoms with Gasteiger partial charge in [-0.25, -0.2) is 4.98 Å². The zero-order valence-electron chi connectivity index (χ0n) is 17.2. The van der Waals surface area contributed by atoms with Gasteiger partial charge in [0.1, 0.15) is 5.75 Å². The van der Waals surface area contributed by atoms with E-state index in [1.165, 1.54) is 19.6 Å². The first-order valence-corrected chi connectivity index (χ1v) is 9.53. The molecule has 0 atom stereocenters. The first-order chi connectivity index (χ1) is 15.4. The molecule has 0 unspecified atom stereocenters. The fourth-order valence-corrected chi connectivity index (χ4v) is 3.14. The van der Waals surface area contributed by atoms with Gasteiger partial charge in [0, 0.05) is 29.2 Å². The standard InChI is InChI=1S/C22H19N5O5/c1-13-9-20(28)26-27(13)16-6-3-14(4-7-16)24-21(29)22(30)25-15-5-8-17(18(10-15)31-2)19-11-23-12-32-19/h3-12H,1-2H3,(H,24,29)(H,25,30)(H,26,28). The zero-order chi connectivity index (χ0) is 22.7. The summed E-state index contributed by atoms with van der Waals surface area (Å²) in [5.41, 5.74) is 2.72. The van der Waals surface area contributed by atoms with Crippen molar-refractivity contribution >= 4 is 23.2 Å². The second-order valence-corrected chi connectivity index (χ2v) is 6.83. The number of rotatable bonds is 5. The van der Waals surface area contributed by atoms with E-state index in [9.17, 15) is 14.4 Å². The number of oxazole rings is 1. The molecule has 0 aliphatic rings. The maximum Gasteiger partial charge on any atom is 0.314 e. The third-order valence-corrected chi connectivity index (χ3v) is 4.66. The summed E-state index contributed by atoms with van der Waals surface area (Å²) in [6.07, 6.45) is 2.85. The number of nitrogens with zero attached hydrogens (tertiary/aromatic N) is 2.